The maximum Gasteiger partial charge on any atom is 0.143 e. The van der Waals surface area contributed by atoms with E-state index in [1.165, 1.54) is 0 Å². The van der Waals surface area contributed by atoms with Crippen LogP contribution in [0.15, 0.2) is 33.3 Å². The first-order valence-corrected chi connectivity index (χ1v) is 7.39. The standard InChI is InChI=1S/C16H15BrN2O2/c1-8-13(10(3)21-19-8)16-14(15(17)9(2)18-16)11-4-6-12(20)7-5-11/h4-7,18,20H,1-3H3. The van der Waals surface area contributed by atoms with E-state index >= 15 is 0 Å². The summed E-state index contributed by atoms with van der Waals surface area (Å²) < 4.78 is 6.29. The van der Waals surface area contributed by atoms with Gasteiger partial charge in [-0.1, -0.05) is 17.3 Å². The molecule has 3 aromatic rings. The Kier molecular flexibility index (Phi) is 3.37. The van der Waals surface area contributed by atoms with Crippen LogP contribution in [0.1, 0.15) is 17.1 Å². The van der Waals surface area contributed by atoms with E-state index in [4.69, 9.17) is 4.52 Å². The van der Waals surface area contributed by atoms with Crippen LogP contribution >= 0.6 is 15.9 Å². The van der Waals surface area contributed by atoms with Crippen molar-refractivity contribution in [3.63, 3.8) is 0 Å². The molecule has 2 N–H and O–H groups in total. The van der Waals surface area contributed by atoms with E-state index in [1.54, 1.807) is 12.1 Å². The maximum atomic E-state index is 9.48. The second kappa shape index (κ2) is 5.07. The molecule has 2 heterocycles. The van der Waals surface area contributed by atoms with Gasteiger partial charge in [0.15, 0.2) is 0 Å². The molecule has 0 aliphatic rings. The number of H-pyrrole nitrogens is 1. The molecule has 0 aliphatic carbocycles. The SMILES string of the molecule is Cc1noc(C)c1-c1[nH]c(C)c(Br)c1-c1ccc(O)cc1. The number of aromatic nitrogens is 2. The Morgan fingerprint density at radius 3 is 2.33 bits per heavy atom. The van der Waals surface area contributed by atoms with Crippen molar-refractivity contribution in [3.8, 4) is 28.1 Å². The number of aromatic hydroxyl groups is 1. The highest BCUT2D eigenvalue weighted by molar-refractivity contribution is 9.10. The minimum absolute atomic E-state index is 0.251. The third kappa shape index (κ3) is 2.27. The average molecular weight is 347 g/mol. The Morgan fingerprint density at radius 1 is 1.10 bits per heavy atom. The van der Waals surface area contributed by atoms with E-state index in [0.29, 0.717) is 0 Å². The first-order valence-electron chi connectivity index (χ1n) is 6.59. The van der Waals surface area contributed by atoms with Crippen molar-refractivity contribution in [2.75, 3.05) is 0 Å². The summed E-state index contributed by atoms with van der Waals surface area (Å²) in [7, 11) is 0. The molecule has 4 nitrogen and oxygen atoms in total. The predicted molar refractivity (Wildman–Crippen MR) is 85.3 cm³/mol. The summed E-state index contributed by atoms with van der Waals surface area (Å²) in [5.74, 6) is 1.03. The van der Waals surface area contributed by atoms with Gasteiger partial charge in [-0.05, 0) is 54.4 Å². The Hall–Kier alpha value is -2.01. The summed E-state index contributed by atoms with van der Waals surface area (Å²) in [6, 6.07) is 7.15. The van der Waals surface area contributed by atoms with Crippen molar-refractivity contribution in [1.29, 1.82) is 0 Å². The molecule has 0 atom stereocenters. The normalized spacial score (nSPS) is 11.0. The van der Waals surface area contributed by atoms with Crippen LogP contribution in [0.25, 0.3) is 22.4 Å². The zero-order valence-corrected chi connectivity index (χ0v) is 13.6. The fourth-order valence-electron chi connectivity index (χ4n) is 2.53. The molecular weight excluding hydrogens is 332 g/mol. The van der Waals surface area contributed by atoms with Gasteiger partial charge in [-0.15, -0.1) is 0 Å². The quantitative estimate of drug-likeness (QED) is 0.704. The van der Waals surface area contributed by atoms with Gasteiger partial charge in [-0.2, -0.15) is 0 Å². The second-order valence-electron chi connectivity index (χ2n) is 5.06. The molecule has 0 unspecified atom stereocenters. The van der Waals surface area contributed by atoms with E-state index in [9.17, 15) is 5.11 Å². The maximum absolute atomic E-state index is 9.48. The fourth-order valence-corrected chi connectivity index (χ4v) is 3.05. The van der Waals surface area contributed by atoms with Crippen LogP contribution in [-0.4, -0.2) is 15.2 Å². The second-order valence-corrected chi connectivity index (χ2v) is 5.85. The largest absolute Gasteiger partial charge is 0.508 e. The van der Waals surface area contributed by atoms with Crippen LogP contribution in [0.5, 0.6) is 5.75 Å². The van der Waals surface area contributed by atoms with Crippen LogP contribution in [0.3, 0.4) is 0 Å². The first kappa shape index (κ1) is 13.9. The number of nitrogens with zero attached hydrogens (tertiary/aromatic N) is 1. The van der Waals surface area contributed by atoms with Crippen LogP contribution in [0, 0.1) is 20.8 Å². The van der Waals surface area contributed by atoms with Crippen molar-refractivity contribution < 1.29 is 9.63 Å². The van der Waals surface area contributed by atoms with Crippen molar-refractivity contribution >= 4 is 15.9 Å². The summed E-state index contributed by atoms with van der Waals surface area (Å²) in [4.78, 5) is 3.40. The average Bonchev–Trinajstić information content (AvgIpc) is 2.92. The lowest BCUT2D eigenvalue weighted by Crippen LogP contribution is -1.86. The molecule has 0 radical (unpaired) electrons. The summed E-state index contributed by atoms with van der Waals surface area (Å²) in [5.41, 5.74) is 5.89. The number of phenolic OH excluding ortho intramolecular Hbond substituents is 1. The van der Waals surface area contributed by atoms with Gasteiger partial charge in [0.2, 0.25) is 0 Å². The molecule has 0 amide bonds. The molecular formula is C16H15BrN2O2. The Bertz CT molecular complexity index is 781. The number of halogens is 1. The molecule has 0 fully saturated rings. The monoisotopic (exact) mass is 346 g/mol. The molecule has 0 saturated heterocycles. The zero-order chi connectivity index (χ0) is 15.1. The van der Waals surface area contributed by atoms with Crippen LogP contribution < -0.4 is 0 Å². The van der Waals surface area contributed by atoms with Crippen LogP contribution in [0.4, 0.5) is 0 Å². The molecule has 0 bridgehead atoms. The van der Waals surface area contributed by atoms with Crippen molar-refractivity contribution in [2.24, 2.45) is 0 Å². The van der Waals surface area contributed by atoms with Gasteiger partial charge in [0.1, 0.15) is 11.5 Å². The molecule has 0 saturated carbocycles. The van der Waals surface area contributed by atoms with E-state index in [-0.39, 0.29) is 5.75 Å². The number of benzene rings is 1. The molecule has 21 heavy (non-hydrogen) atoms. The minimum Gasteiger partial charge on any atom is -0.508 e. The Morgan fingerprint density at radius 2 is 1.76 bits per heavy atom. The molecule has 108 valence electrons. The smallest absolute Gasteiger partial charge is 0.143 e. The van der Waals surface area contributed by atoms with Gasteiger partial charge >= 0.3 is 0 Å². The molecule has 2 aromatic heterocycles. The Labute approximate surface area is 130 Å². The summed E-state index contributed by atoms with van der Waals surface area (Å²) in [5, 5.41) is 13.5. The number of aryl methyl sites for hydroxylation is 3. The number of rotatable bonds is 2. The lowest BCUT2D eigenvalue weighted by molar-refractivity contribution is 0.393. The fraction of sp³-hybridized carbons (Fsp3) is 0.188. The third-order valence-electron chi connectivity index (χ3n) is 3.55. The molecule has 0 aliphatic heterocycles. The number of hydrogen-bond donors (Lipinski definition) is 2. The van der Waals surface area contributed by atoms with Gasteiger partial charge in [0.05, 0.1) is 17.0 Å². The van der Waals surface area contributed by atoms with Crippen LogP contribution in [-0.2, 0) is 0 Å². The first-order chi connectivity index (χ1) is 9.99. The number of phenols is 1. The number of hydrogen-bond acceptors (Lipinski definition) is 3. The Balaban J connectivity index is 2.28. The molecule has 3 rings (SSSR count). The molecule has 1 aromatic carbocycles. The van der Waals surface area contributed by atoms with E-state index in [0.717, 1.165) is 44.0 Å². The number of nitrogens with one attached hydrogen (secondary N) is 1. The summed E-state index contributed by atoms with van der Waals surface area (Å²) >= 11 is 3.65. The number of aromatic amines is 1. The van der Waals surface area contributed by atoms with Crippen molar-refractivity contribution in [1.82, 2.24) is 10.1 Å². The highest BCUT2D eigenvalue weighted by Gasteiger charge is 2.21. The highest BCUT2D eigenvalue weighted by Crippen LogP contribution is 2.41. The summed E-state index contributed by atoms with van der Waals surface area (Å²) in [6.07, 6.45) is 0. The molecule has 5 heteroatoms. The van der Waals surface area contributed by atoms with Crippen LogP contribution in [0.2, 0.25) is 0 Å². The zero-order valence-electron chi connectivity index (χ0n) is 12.0. The van der Waals surface area contributed by atoms with E-state index in [1.807, 2.05) is 32.9 Å². The van der Waals surface area contributed by atoms with E-state index in [2.05, 4.69) is 26.1 Å². The molecule has 0 spiro atoms. The van der Waals surface area contributed by atoms with Crippen molar-refractivity contribution in [3.05, 3.63) is 45.9 Å². The predicted octanol–water partition coefficient (Wildman–Crippen LogP) is 4.73. The van der Waals surface area contributed by atoms with E-state index < -0.39 is 0 Å². The van der Waals surface area contributed by atoms with Gasteiger partial charge < -0.3 is 14.6 Å². The minimum atomic E-state index is 0.251. The van der Waals surface area contributed by atoms with Gasteiger partial charge in [0, 0.05) is 15.7 Å². The van der Waals surface area contributed by atoms with Gasteiger partial charge in [-0.25, -0.2) is 0 Å². The lowest BCUT2D eigenvalue weighted by Gasteiger charge is -2.05. The third-order valence-corrected chi connectivity index (χ3v) is 4.54. The van der Waals surface area contributed by atoms with Gasteiger partial charge in [0.25, 0.3) is 0 Å². The topological polar surface area (TPSA) is 62.0 Å². The van der Waals surface area contributed by atoms with Gasteiger partial charge in [-0.3, -0.25) is 0 Å². The lowest BCUT2D eigenvalue weighted by atomic mass is 10.0. The van der Waals surface area contributed by atoms with Crippen molar-refractivity contribution in [2.45, 2.75) is 20.8 Å². The highest BCUT2D eigenvalue weighted by atomic mass is 79.9. The summed E-state index contributed by atoms with van der Waals surface area (Å²) in [6.45, 7) is 5.84.